The summed E-state index contributed by atoms with van der Waals surface area (Å²) in [5.41, 5.74) is 1.96. The van der Waals surface area contributed by atoms with Crippen molar-refractivity contribution in [2.45, 2.75) is 6.54 Å². The van der Waals surface area contributed by atoms with E-state index in [-0.39, 0.29) is 0 Å². The van der Waals surface area contributed by atoms with E-state index in [0.717, 1.165) is 33.1 Å². The molecule has 0 aliphatic rings. The average molecular weight is 410 g/mol. The molecule has 2 heterocycles. The molecule has 0 amide bonds. The third kappa shape index (κ3) is 3.25. The molecule has 4 rings (SSSR count). The number of hydrogen-bond acceptors (Lipinski definition) is 4. The Hall–Kier alpha value is -2.93. The summed E-state index contributed by atoms with van der Waals surface area (Å²) in [7, 11) is 1.66. The molecule has 0 spiro atoms. The van der Waals surface area contributed by atoms with Crippen LogP contribution < -0.4 is 4.74 Å². The molecule has 0 saturated heterocycles. The van der Waals surface area contributed by atoms with Gasteiger partial charge < -0.3 is 4.74 Å². The molecule has 0 fully saturated rings. The number of halogens is 1. The van der Waals surface area contributed by atoms with Gasteiger partial charge in [-0.1, -0.05) is 28.1 Å². The highest BCUT2D eigenvalue weighted by Crippen LogP contribution is 2.26. The lowest BCUT2D eigenvalue weighted by atomic mass is 10.2. The summed E-state index contributed by atoms with van der Waals surface area (Å²) in [4.78, 5) is 0. The Bertz CT molecular complexity index is 992. The van der Waals surface area contributed by atoms with Crippen molar-refractivity contribution in [3.8, 4) is 22.8 Å². The molecule has 2 aromatic heterocycles. The molecule has 0 saturated carbocycles. The highest BCUT2D eigenvalue weighted by Gasteiger charge is 2.16. The Morgan fingerprint density at radius 3 is 2.42 bits per heavy atom. The SMILES string of the molecule is COc1ccc(-n2c(Cn3cccn3)nnc2-c2ccc(Br)cc2)cc1. The van der Waals surface area contributed by atoms with Crippen molar-refractivity contribution in [3.63, 3.8) is 0 Å². The number of ether oxygens (including phenoxy) is 1. The van der Waals surface area contributed by atoms with Crippen LogP contribution in [-0.2, 0) is 6.54 Å². The lowest BCUT2D eigenvalue weighted by Crippen LogP contribution is -2.09. The van der Waals surface area contributed by atoms with Gasteiger partial charge in [0.2, 0.25) is 0 Å². The van der Waals surface area contributed by atoms with Gasteiger partial charge >= 0.3 is 0 Å². The molecule has 0 aliphatic carbocycles. The van der Waals surface area contributed by atoms with Crippen LogP contribution in [0.3, 0.4) is 0 Å². The van der Waals surface area contributed by atoms with Crippen LogP contribution in [0.25, 0.3) is 17.1 Å². The fraction of sp³-hybridized carbons (Fsp3) is 0.105. The van der Waals surface area contributed by atoms with Crippen molar-refractivity contribution < 1.29 is 4.74 Å². The largest absolute Gasteiger partial charge is 0.497 e. The Morgan fingerprint density at radius 1 is 1.00 bits per heavy atom. The second kappa shape index (κ2) is 7.13. The van der Waals surface area contributed by atoms with E-state index in [1.54, 1.807) is 13.3 Å². The molecule has 130 valence electrons. The van der Waals surface area contributed by atoms with Crippen LogP contribution in [0.5, 0.6) is 5.75 Å². The number of methoxy groups -OCH3 is 1. The van der Waals surface area contributed by atoms with Gasteiger partial charge in [-0.15, -0.1) is 10.2 Å². The molecule has 2 aromatic carbocycles. The molecule has 0 bridgehead atoms. The molecule has 7 heteroatoms. The molecule has 0 aliphatic heterocycles. The predicted octanol–water partition coefficient (Wildman–Crippen LogP) is 3.95. The van der Waals surface area contributed by atoms with Gasteiger partial charge in [-0.05, 0) is 42.5 Å². The van der Waals surface area contributed by atoms with E-state index in [9.17, 15) is 0 Å². The monoisotopic (exact) mass is 409 g/mol. The lowest BCUT2D eigenvalue weighted by Gasteiger charge is -2.11. The van der Waals surface area contributed by atoms with Gasteiger partial charge in [-0.3, -0.25) is 9.25 Å². The summed E-state index contributed by atoms with van der Waals surface area (Å²) in [5.74, 6) is 2.39. The van der Waals surface area contributed by atoms with Crippen LogP contribution in [-0.4, -0.2) is 31.7 Å². The minimum atomic E-state index is 0.530. The van der Waals surface area contributed by atoms with E-state index in [2.05, 4.69) is 31.2 Å². The van der Waals surface area contributed by atoms with Gasteiger partial charge in [0.25, 0.3) is 0 Å². The maximum Gasteiger partial charge on any atom is 0.168 e. The van der Waals surface area contributed by atoms with Crippen molar-refractivity contribution in [1.29, 1.82) is 0 Å². The van der Waals surface area contributed by atoms with Gasteiger partial charge in [-0.2, -0.15) is 5.10 Å². The van der Waals surface area contributed by atoms with Crippen molar-refractivity contribution in [1.82, 2.24) is 24.5 Å². The first-order valence-corrected chi connectivity index (χ1v) is 8.86. The van der Waals surface area contributed by atoms with E-state index in [1.807, 2.05) is 70.0 Å². The van der Waals surface area contributed by atoms with E-state index in [1.165, 1.54) is 0 Å². The van der Waals surface area contributed by atoms with Gasteiger partial charge in [0.15, 0.2) is 11.6 Å². The minimum Gasteiger partial charge on any atom is -0.497 e. The topological polar surface area (TPSA) is 57.8 Å². The van der Waals surface area contributed by atoms with Gasteiger partial charge in [0.05, 0.1) is 7.11 Å². The third-order valence-corrected chi connectivity index (χ3v) is 4.55. The fourth-order valence-corrected chi connectivity index (χ4v) is 3.01. The maximum absolute atomic E-state index is 5.27. The second-order valence-electron chi connectivity index (χ2n) is 5.68. The summed E-state index contributed by atoms with van der Waals surface area (Å²) in [5, 5.41) is 13.1. The Labute approximate surface area is 159 Å². The Kier molecular flexibility index (Phi) is 4.53. The van der Waals surface area contributed by atoms with Crippen LogP contribution >= 0.6 is 15.9 Å². The zero-order valence-corrected chi connectivity index (χ0v) is 15.7. The molecule has 26 heavy (non-hydrogen) atoms. The van der Waals surface area contributed by atoms with Crippen molar-refractivity contribution in [2.24, 2.45) is 0 Å². The standard InChI is InChI=1S/C19H16BrN5O/c1-26-17-9-7-16(8-10-17)25-18(13-24-12-2-11-21-24)22-23-19(25)14-3-5-15(20)6-4-14/h2-12H,13H2,1H3. The predicted molar refractivity (Wildman–Crippen MR) is 102 cm³/mol. The number of nitrogens with zero attached hydrogens (tertiary/aromatic N) is 5. The average Bonchev–Trinajstić information content (AvgIpc) is 3.33. The van der Waals surface area contributed by atoms with E-state index >= 15 is 0 Å². The molecule has 0 atom stereocenters. The highest BCUT2D eigenvalue weighted by atomic mass is 79.9. The first kappa shape index (κ1) is 16.5. The summed E-state index contributed by atoms with van der Waals surface area (Å²) in [6.45, 7) is 0.530. The summed E-state index contributed by atoms with van der Waals surface area (Å²) < 4.78 is 10.2. The molecule has 0 unspecified atom stereocenters. The van der Waals surface area contributed by atoms with Crippen molar-refractivity contribution in [2.75, 3.05) is 7.11 Å². The zero-order valence-electron chi connectivity index (χ0n) is 14.1. The van der Waals surface area contributed by atoms with Crippen LogP contribution in [0, 0.1) is 0 Å². The third-order valence-electron chi connectivity index (χ3n) is 4.03. The quantitative estimate of drug-likeness (QED) is 0.500. The van der Waals surface area contributed by atoms with Gasteiger partial charge in [0.1, 0.15) is 12.3 Å². The summed E-state index contributed by atoms with van der Waals surface area (Å²) >= 11 is 3.47. The molecular formula is C19H16BrN5O. The fourth-order valence-electron chi connectivity index (χ4n) is 2.75. The number of rotatable bonds is 5. The smallest absolute Gasteiger partial charge is 0.168 e. The first-order valence-electron chi connectivity index (χ1n) is 8.06. The van der Waals surface area contributed by atoms with E-state index in [4.69, 9.17) is 4.74 Å². The normalized spacial score (nSPS) is 10.8. The molecule has 0 N–H and O–H groups in total. The number of aromatic nitrogens is 5. The molecule has 4 aromatic rings. The van der Waals surface area contributed by atoms with Crippen LogP contribution in [0.2, 0.25) is 0 Å². The van der Waals surface area contributed by atoms with Crippen molar-refractivity contribution >= 4 is 15.9 Å². The van der Waals surface area contributed by atoms with E-state index in [0.29, 0.717) is 6.54 Å². The molecule has 0 radical (unpaired) electrons. The maximum atomic E-state index is 5.27. The minimum absolute atomic E-state index is 0.530. The van der Waals surface area contributed by atoms with Gasteiger partial charge in [0, 0.05) is 28.1 Å². The van der Waals surface area contributed by atoms with Crippen LogP contribution in [0.1, 0.15) is 5.82 Å². The zero-order chi connectivity index (χ0) is 17.9. The Balaban J connectivity index is 1.83. The number of benzene rings is 2. The Morgan fingerprint density at radius 2 is 1.77 bits per heavy atom. The van der Waals surface area contributed by atoms with E-state index < -0.39 is 0 Å². The van der Waals surface area contributed by atoms with Crippen molar-refractivity contribution in [3.05, 3.63) is 77.3 Å². The summed E-state index contributed by atoms with van der Waals surface area (Å²) in [6.07, 6.45) is 3.66. The number of hydrogen-bond donors (Lipinski definition) is 0. The first-order chi connectivity index (χ1) is 12.7. The van der Waals surface area contributed by atoms with Crippen LogP contribution in [0.4, 0.5) is 0 Å². The van der Waals surface area contributed by atoms with Crippen LogP contribution in [0.15, 0.2) is 71.5 Å². The van der Waals surface area contributed by atoms with Gasteiger partial charge in [-0.25, -0.2) is 0 Å². The summed E-state index contributed by atoms with van der Waals surface area (Å²) in [6, 6.07) is 17.8. The molecular weight excluding hydrogens is 394 g/mol. The molecule has 6 nitrogen and oxygen atoms in total. The second-order valence-corrected chi connectivity index (χ2v) is 6.60. The lowest BCUT2D eigenvalue weighted by molar-refractivity contribution is 0.414. The highest BCUT2D eigenvalue weighted by molar-refractivity contribution is 9.10.